The lowest BCUT2D eigenvalue weighted by Gasteiger charge is -2.35. The highest BCUT2D eigenvalue weighted by atomic mass is 35.5. The molecule has 0 aliphatic carbocycles. The number of nitrogens with two attached hydrogens (primary N) is 2. The maximum atomic E-state index is 9.13. The fourth-order valence-electron chi connectivity index (χ4n) is 5.34. The maximum absolute atomic E-state index is 9.13. The summed E-state index contributed by atoms with van der Waals surface area (Å²) in [5, 5.41) is 18.3. The van der Waals surface area contributed by atoms with Crippen LogP contribution >= 0.6 is 0 Å². The number of quaternary nitrogens is 2. The minimum atomic E-state index is 0. The van der Waals surface area contributed by atoms with Crippen molar-refractivity contribution in [2.24, 2.45) is 0 Å². The number of nitrogens with zero attached hydrogens (tertiary/aromatic N) is 4. The van der Waals surface area contributed by atoms with E-state index in [4.69, 9.17) is 21.7 Å². The number of aliphatic hydroxyl groups excluding tert-OH is 2. The Kier molecular flexibility index (Phi) is 13.5. The van der Waals surface area contributed by atoms with E-state index in [9.17, 15) is 0 Å². The van der Waals surface area contributed by atoms with Gasteiger partial charge >= 0.3 is 0 Å². The normalized spacial score (nSPS) is 19.3. The van der Waals surface area contributed by atoms with E-state index in [1.165, 1.54) is 24.2 Å². The molecule has 0 saturated carbocycles. The lowest BCUT2D eigenvalue weighted by atomic mass is 10.2. The molecule has 10 heteroatoms. The Balaban J connectivity index is 0.000000361. The van der Waals surface area contributed by atoms with Crippen molar-refractivity contribution < 1.29 is 44.0 Å². The van der Waals surface area contributed by atoms with Crippen molar-refractivity contribution in [1.82, 2.24) is 0 Å². The second-order valence-corrected chi connectivity index (χ2v) is 11.4. The van der Waals surface area contributed by atoms with Crippen LogP contribution in [0.25, 0.3) is 0 Å². The number of rotatable bonds is 8. The van der Waals surface area contributed by atoms with E-state index >= 15 is 0 Å². The number of likely N-dealkylation sites (N-methyl/N-ethyl adjacent to an activating group) is 2. The van der Waals surface area contributed by atoms with Crippen LogP contribution in [0.2, 0.25) is 0 Å². The van der Waals surface area contributed by atoms with Crippen molar-refractivity contribution >= 4 is 22.7 Å². The number of hydrogen-bond acceptors (Lipinski definition) is 6. The summed E-state index contributed by atoms with van der Waals surface area (Å²) in [4.78, 5) is 4.81. The van der Waals surface area contributed by atoms with Gasteiger partial charge in [-0.05, 0) is 48.5 Å². The summed E-state index contributed by atoms with van der Waals surface area (Å²) in [6, 6.07) is 17.4. The van der Waals surface area contributed by atoms with Gasteiger partial charge in [-0.15, -0.1) is 0 Å². The molecule has 0 bridgehead atoms. The van der Waals surface area contributed by atoms with E-state index in [-0.39, 0.29) is 38.0 Å². The average Bonchev–Trinajstić information content (AvgIpc) is 3.52. The number of nitrogen functional groups attached to an aromatic ring is 2. The Bertz CT molecular complexity index is 866. The van der Waals surface area contributed by atoms with Crippen LogP contribution in [-0.4, -0.2) is 112 Å². The first-order chi connectivity index (χ1) is 17.1. The quantitative estimate of drug-likeness (QED) is 0.190. The molecule has 0 radical (unpaired) electrons. The van der Waals surface area contributed by atoms with E-state index in [0.717, 1.165) is 59.6 Å². The monoisotopic (exact) mass is 570 g/mol. The van der Waals surface area contributed by atoms with Gasteiger partial charge in [0, 0.05) is 48.7 Å². The van der Waals surface area contributed by atoms with Crippen LogP contribution in [0.4, 0.5) is 22.7 Å². The van der Waals surface area contributed by atoms with E-state index in [0.29, 0.717) is 12.1 Å². The number of hydrogen-bond donors (Lipinski definition) is 4. The van der Waals surface area contributed by atoms with Gasteiger partial charge < -0.3 is 65.3 Å². The second-order valence-electron chi connectivity index (χ2n) is 11.4. The molecule has 0 amide bonds. The van der Waals surface area contributed by atoms with Gasteiger partial charge in [-0.3, -0.25) is 0 Å². The van der Waals surface area contributed by atoms with Gasteiger partial charge in [-0.25, -0.2) is 0 Å². The van der Waals surface area contributed by atoms with Crippen molar-refractivity contribution in [2.75, 3.05) is 102 Å². The van der Waals surface area contributed by atoms with Crippen molar-refractivity contribution in [3.63, 3.8) is 0 Å². The molecule has 2 fully saturated rings. The Morgan fingerprint density at radius 3 is 1.26 bits per heavy atom. The van der Waals surface area contributed by atoms with Crippen LogP contribution in [0.5, 0.6) is 0 Å². The fraction of sp³-hybridized carbons (Fsp3) is 0.571. The Morgan fingerprint density at radius 2 is 0.974 bits per heavy atom. The summed E-state index contributed by atoms with van der Waals surface area (Å²) in [5.74, 6) is 0. The molecule has 8 nitrogen and oxygen atoms in total. The molecule has 38 heavy (non-hydrogen) atoms. The van der Waals surface area contributed by atoms with Gasteiger partial charge in [-0.1, -0.05) is 0 Å². The van der Waals surface area contributed by atoms with Crippen LogP contribution in [0.1, 0.15) is 12.8 Å². The lowest BCUT2D eigenvalue weighted by molar-refractivity contribution is -0.912. The molecule has 4 rings (SSSR count). The molecule has 2 aromatic rings. The van der Waals surface area contributed by atoms with Gasteiger partial charge in [0.1, 0.15) is 25.2 Å². The molecular formula is C28H48Cl2N6O2. The first-order valence-electron chi connectivity index (χ1n) is 13.1. The van der Waals surface area contributed by atoms with Crippen LogP contribution in [0.15, 0.2) is 48.5 Å². The van der Waals surface area contributed by atoms with Crippen molar-refractivity contribution in [3.05, 3.63) is 48.5 Å². The molecule has 0 aromatic heterocycles. The van der Waals surface area contributed by atoms with Gasteiger partial charge in [0.2, 0.25) is 0 Å². The van der Waals surface area contributed by atoms with Crippen LogP contribution in [0, 0.1) is 0 Å². The number of halogens is 2. The lowest BCUT2D eigenvalue weighted by Crippen LogP contribution is -3.00. The molecule has 2 heterocycles. The third-order valence-corrected chi connectivity index (χ3v) is 8.17. The minimum Gasteiger partial charge on any atom is -1.00 e. The summed E-state index contributed by atoms with van der Waals surface area (Å²) in [5.41, 5.74) is 15.5. The molecule has 0 spiro atoms. The van der Waals surface area contributed by atoms with Crippen molar-refractivity contribution in [2.45, 2.75) is 24.9 Å². The van der Waals surface area contributed by atoms with Crippen molar-refractivity contribution in [3.8, 4) is 0 Å². The minimum absolute atomic E-state index is 0. The summed E-state index contributed by atoms with van der Waals surface area (Å²) < 4.78 is 1.78. The van der Waals surface area contributed by atoms with E-state index in [2.05, 4.69) is 62.3 Å². The molecule has 2 atom stereocenters. The van der Waals surface area contributed by atoms with Gasteiger partial charge in [0.15, 0.2) is 0 Å². The summed E-state index contributed by atoms with van der Waals surface area (Å²) in [7, 11) is 8.81. The third-order valence-electron chi connectivity index (χ3n) is 8.17. The molecule has 2 aromatic carbocycles. The Hall–Kier alpha value is -1.94. The highest BCUT2D eigenvalue weighted by Gasteiger charge is 2.35. The first-order valence-corrected chi connectivity index (χ1v) is 13.1. The largest absolute Gasteiger partial charge is 1.00 e. The summed E-state index contributed by atoms with van der Waals surface area (Å²) >= 11 is 0. The van der Waals surface area contributed by atoms with Gasteiger partial charge in [0.25, 0.3) is 0 Å². The SMILES string of the molecule is C[N+](C)(CCO)C1CCN(c2ccc(N)cc2)C1.C[N+](C)(CCO)C1CCN(c2ccc(N)cc2)C1.[Cl-].[Cl-]. The zero-order chi connectivity index (χ0) is 26.3. The fourth-order valence-corrected chi connectivity index (χ4v) is 5.34. The van der Waals surface area contributed by atoms with Crippen LogP contribution < -0.4 is 46.1 Å². The van der Waals surface area contributed by atoms with Gasteiger partial charge in [-0.2, -0.15) is 0 Å². The predicted octanol–water partition coefficient (Wildman–Crippen LogP) is -4.16. The van der Waals surface area contributed by atoms with Crippen molar-refractivity contribution in [1.29, 1.82) is 0 Å². The molecule has 216 valence electrons. The summed E-state index contributed by atoms with van der Waals surface area (Å²) in [6.45, 7) is 6.43. The van der Waals surface area contributed by atoms with Crippen LogP contribution in [-0.2, 0) is 0 Å². The number of anilines is 4. The highest BCUT2D eigenvalue weighted by molar-refractivity contribution is 5.54. The number of aliphatic hydroxyl groups is 2. The Labute approximate surface area is 241 Å². The standard InChI is InChI=1S/2C14H24N3O.2ClH/c2*1-17(2,9-10-18)14-7-8-16(11-14)13-5-3-12(15)4-6-13;;/h2*3-6,14,18H,7-11,15H2,1-2H3;2*1H/q2*+1;;/p-2. The molecule has 2 saturated heterocycles. The molecule has 2 aliphatic heterocycles. The molecule has 6 N–H and O–H groups in total. The highest BCUT2D eigenvalue weighted by Crippen LogP contribution is 2.27. The predicted molar refractivity (Wildman–Crippen MR) is 151 cm³/mol. The smallest absolute Gasteiger partial charge is 0.108 e. The average molecular weight is 572 g/mol. The Morgan fingerprint density at radius 1 is 0.658 bits per heavy atom. The van der Waals surface area contributed by atoms with E-state index in [1.807, 2.05) is 24.3 Å². The zero-order valence-electron chi connectivity index (χ0n) is 23.4. The third kappa shape index (κ3) is 9.07. The topological polar surface area (TPSA) is 99.0 Å². The molecular weight excluding hydrogens is 523 g/mol. The van der Waals surface area contributed by atoms with E-state index in [1.54, 1.807) is 0 Å². The summed E-state index contributed by atoms with van der Waals surface area (Å²) in [6.07, 6.45) is 2.36. The zero-order valence-corrected chi connectivity index (χ0v) is 25.0. The maximum Gasteiger partial charge on any atom is 0.108 e. The van der Waals surface area contributed by atoms with Crippen LogP contribution in [0.3, 0.4) is 0 Å². The van der Waals surface area contributed by atoms with Gasteiger partial charge in [0.05, 0.1) is 54.5 Å². The number of benzene rings is 2. The van der Waals surface area contributed by atoms with E-state index < -0.39 is 0 Å². The second kappa shape index (κ2) is 15.0. The first kappa shape index (κ1) is 34.1. The molecule has 2 aliphatic rings. The molecule has 2 unspecified atom stereocenters.